The Labute approximate surface area is 137 Å². The quantitative estimate of drug-likeness (QED) is 0.707. The van der Waals surface area contributed by atoms with Gasteiger partial charge in [0.25, 0.3) is 0 Å². The molecule has 0 saturated carbocycles. The molecule has 0 unspecified atom stereocenters. The number of aromatic amines is 1. The minimum Gasteiger partial charge on any atom is -0.326 e. The number of rotatable bonds is 6. The van der Waals surface area contributed by atoms with Crippen molar-refractivity contribution >= 4 is 22.7 Å². The van der Waals surface area contributed by atoms with Gasteiger partial charge in [0.1, 0.15) is 0 Å². The molecule has 0 atom stereocenters. The first kappa shape index (κ1) is 15.6. The number of imidazole rings is 1. The Kier molecular flexibility index (Phi) is 4.63. The molecule has 4 heteroatoms. The van der Waals surface area contributed by atoms with Gasteiger partial charge in [-0.3, -0.25) is 4.90 Å². The average Bonchev–Trinajstić information content (AvgIpc) is 2.95. The van der Waals surface area contributed by atoms with Crippen molar-refractivity contribution in [3.8, 4) is 0 Å². The minimum absolute atomic E-state index is 0.780. The molecule has 4 nitrogen and oxygen atoms in total. The SMILES string of the molecule is CCN(CC)Cc1ccc(Nc2nc3ccc(C)cc3[nH]2)cc1. The molecule has 0 bridgehead atoms. The molecule has 1 heterocycles. The van der Waals surface area contributed by atoms with Crippen molar-refractivity contribution in [2.75, 3.05) is 18.4 Å². The lowest BCUT2D eigenvalue weighted by Gasteiger charge is -2.18. The predicted molar refractivity (Wildman–Crippen MR) is 97.2 cm³/mol. The van der Waals surface area contributed by atoms with E-state index in [1.54, 1.807) is 0 Å². The van der Waals surface area contributed by atoms with Crippen molar-refractivity contribution < 1.29 is 0 Å². The first-order valence-electron chi connectivity index (χ1n) is 8.22. The molecule has 0 amide bonds. The zero-order valence-corrected chi connectivity index (χ0v) is 14.1. The molecular weight excluding hydrogens is 284 g/mol. The number of nitrogens with one attached hydrogen (secondary N) is 2. The van der Waals surface area contributed by atoms with Crippen LogP contribution in [-0.2, 0) is 6.54 Å². The lowest BCUT2D eigenvalue weighted by Crippen LogP contribution is -2.21. The van der Waals surface area contributed by atoms with E-state index < -0.39 is 0 Å². The average molecular weight is 308 g/mol. The van der Waals surface area contributed by atoms with Crippen LogP contribution in [0.15, 0.2) is 42.5 Å². The summed E-state index contributed by atoms with van der Waals surface area (Å²) < 4.78 is 0. The van der Waals surface area contributed by atoms with Crippen molar-refractivity contribution in [2.45, 2.75) is 27.3 Å². The second kappa shape index (κ2) is 6.84. The number of hydrogen-bond donors (Lipinski definition) is 2. The molecule has 0 spiro atoms. The Morgan fingerprint density at radius 2 is 1.78 bits per heavy atom. The van der Waals surface area contributed by atoms with Gasteiger partial charge in [-0.15, -0.1) is 0 Å². The van der Waals surface area contributed by atoms with E-state index in [-0.39, 0.29) is 0 Å². The van der Waals surface area contributed by atoms with E-state index in [2.05, 4.69) is 77.4 Å². The number of nitrogens with zero attached hydrogens (tertiary/aromatic N) is 2. The van der Waals surface area contributed by atoms with Gasteiger partial charge in [-0.25, -0.2) is 4.98 Å². The fraction of sp³-hybridized carbons (Fsp3) is 0.316. The van der Waals surface area contributed by atoms with E-state index in [9.17, 15) is 0 Å². The maximum Gasteiger partial charge on any atom is 0.205 e. The zero-order chi connectivity index (χ0) is 16.2. The number of aromatic nitrogens is 2. The monoisotopic (exact) mass is 308 g/mol. The van der Waals surface area contributed by atoms with Gasteiger partial charge in [-0.05, 0) is 55.4 Å². The number of H-pyrrole nitrogens is 1. The first-order chi connectivity index (χ1) is 11.2. The highest BCUT2D eigenvalue weighted by molar-refractivity contribution is 5.79. The summed E-state index contributed by atoms with van der Waals surface area (Å²) in [5.41, 5.74) is 5.65. The Morgan fingerprint density at radius 3 is 2.48 bits per heavy atom. The van der Waals surface area contributed by atoms with Gasteiger partial charge < -0.3 is 10.3 Å². The van der Waals surface area contributed by atoms with Crippen LogP contribution in [0.25, 0.3) is 11.0 Å². The number of hydrogen-bond acceptors (Lipinski definition) is 3. The molecule has 2 N–H and O–H groups in total. The summed E-state index contributed by atoms with van der Waals surface area (Å²) in [4.78, 5) is 10.3. The summed E-state index contributed by atoms with van der Waals surface area (Å²) in [6.07, 6.45) is 0. The summed E-state index contributed by atoms with van der Waals surface area (Å²) in [6.45, 7) is 9.63. The number of fused-ring (bicyclic) bond motifs is 1. The van der Waals surface area contributed by atoms with Crippen LogP contribution in [0.1, 0.15) is 25.0 Å². The fourth-order valence-electron chi connectivity index (χ4n) is 2.72. The largest absolute Gasteiger partial charge is 0.326 e. The fourth-order valence-corrected chi connectivity index (χ4v) is 2.72. The van der Waals surface area contributed by atoms with Crippen molar-refractivity contribution in [1.82, 2.24) is 14.9 Å². The van der Waals surface area contributed by atoms with Crippen molar-refractivity contribution in [3.05, 3.63) is 53.6 Å². The highest BCUT2D eigenvalue weighted by atomic mass is 15.1. The third-order valence-electron chi connectivity index (χ3n) is 4.15. The molecule has 1 aromatic heterocycles. The van der Waals surface area contributed by atoms with E-state index in [4.69, 9.17) is 0 Å². The predicted octanol–water partition coefficient (Wildman–Crippen LogP) is 4.46. The molecule has 0 aliphatic carbocycles. The Morgan fingerprint density at radius 1 is 1.04 bits per heavy atom. The second-order valence-electron chi connectivity index (χ2n) is 5.89. The molecule has 23 heavy (non-hydrogen) atoms. The van der Waals surface area contributed by atoms with E-state index in [0.29, 0.717) is 0 Å². The molecule has 0 aliphatic heterocycles. The van der Waals surface area contributed by atoms with Crippen molar-refractivity contribution in [3.63, 3.8) is 0 Å². The van der Waals surface area contributed by atoms with Crippen LogP contribution >= 0.6 is 0 Å². The lowest BCUT2D eigenvalue weighted by atomic mass is 10.2. The molecule has 0 radical (unpaired) electrons. The van der Waals surface area contributed by atoms with E-state index >= 15 is 0 Å². The molecular formula is C19H24N4. The lowest BCUT2D eigenvalue weighted by molar-refractivity contribution is 0.296. The molecule has 2 aromatic carbocycles. The maximum atomic E-state index is 4.57. The Bertz CT molecular complexity index is 770. The van der Waals surface area contributed by atoms with Crippen LogP contribution in [-0.4, -0.2) is 28.0 Å². The van der Waals surface area contributed by atoms with Gasteiger partial charge in [-0.2, -0.15) is 0 Å². The summed E-state index contributed by atoms with van der Waals surface area (Å²) in [6, 6.07) is 14.8. The number of aryl methyl sites for hydroxylation is 1. The summed E-state index contributed by atoms with van der Waals surface area (Å²) in [5.74, 6) is 0.780. The van der Waals surface area contributed by atoms with E-state index in [0.717, 1.165) is 42.3 Å². The standard InChI is InChI=1S/C19H24N4/c1-4-23(5-2)13-15-7-9-16(10-8-15)20-19-21-17-11-6-14(3)12-18(17)22-19/h6-12H,4-5,13H2,1-3H3,(H2,20,21,22). The van der Waals surface area contributed by atoms with Crippen LogP contribution < -0.4 is 5.32 Å². The maximum absolute atomic E-state index is 4.57. The van der Waals surface area contributed by atoms with Crippen LogP contribution in [0.2, 0.25) is 0 Å². The van der Waals surface area contributed by atoms with Crippen LogP contribution in [0.3, 0.4) is 0 Å². The minimum atomic E-state index is 0.780. The Balaban J connectivity index is 1.71. The van der Waals surface area contributed by atoms with E-state index in [1.807, 2.05) is 6.07 Å². The van der Waals surface area contributed by atoms with Gasteiger partial charge >= 0.3 is 0 Å². The molecule has 0 aliphatic rings. The highest BCUT2D eigenvalue weighted by Gasteiger charge is 2.04. The first-order valence-corrected chi connectivity index (χ1v) is 8.22. The number of anilines is 2. The van der Waals surface area contributed by atoms with E-state index in [1.165, 1.54) is 11.1 Å². The smallest absolute Gasteiger partial charge is 0.205 e. The third-order valence-corrected chi connectivity index (χ3v) is 4.15. The highest BCUT2D eigenvalue weighted by Crippen LogP contribution is 2.20. The number of benzene rings is 2. The topological polar surface area (TPSA) is 44.0 Å². The molecule has 120 valence electrons. The van der Waals surface area contributed by atoms with Crippen LogP contribution in [0.4, 0.5) is 11.6 Å². The zero-order valence-electron chi connectivity index (χ0n) is 14.1. The summed E-state index contributed by atoms with van der Waals surface area (Å²) in [7, 11) is 0. The van der Waals surface area contributed by atoms with Gasteiger partial charge in [0.2, 0.25) is 5.95 Å². The van der Waals surface area contributed by atoms with Gasteiger partial charge in [0.05, 0.1) is 11.0 Å². The normalized spacial score (nSPS) is 11.3. The summed E-state index contributed by atoms with van der Waals surface area (Å²) in [5, 5.41) is 3.34. The van der Waals surface area contributed by atoms with Crippen molar-refractivity contribution in [2.24, 2.45) is 0 Å². The molecule has 3 rings (SSSR count). The molecule has 3 aromatic rings. The van der Waals surface area contributed by atoms with Crippen LogP contribution in [0, 0.1) is 6.92 Å². The van der Waals surface area contributed by atoms with Gasteiger partial charge in [0, 0.05) is 12.2 Å². The van der Waals surface area contributed by atoms with Crippen molar-refractivity contribution in [1.29, 1.82) is 0 Å². The summed E-state index contributed by atoms with van der Waals surface area (Å²) >= 11 is 0. The third kappa shape index (κ3) is 3.71. The Hall–Kier alpha value is -2.33. The molecule has 0 fully saturated rings. The van der Waals surface area contributed by atoms with Gasteiger partial charge in [0.15, 0.2) is 0 Å². The molecule has 0 saturated heterocycles. The second-order valence-corrected chi connectivity index (χ2v) is 5.89. The van der Waals surface area contributed by atoms with Gasteiger partial charge in [-0.1, -0.05) is 32.0 Å². The van der Waals surface area contributed by atoms with Crippen LogP contribution in [0.5, 0.6) is 0 Å².